The molecule has 1 aliphatic heterocycles. The van der Waals surface area contributed by atoms with E-state index in [0.717, 1.165) is 6.42 Å². The van der Waals surface area contributed by atoms with Gasteiger partial charge < -0.3 is 18.9 Å². The monoisotopic (exact) mass is 232 g/mol. The number of hydrogen-bond donors (Lipinski definition) is 0. The van der Waals surface area contributed by atoms with Gasteiger partial charge in [0.2, 0.25) is 6.29 Å². The van der Waals surface area contributed by atoms with Crippen LogP contribution in [0, 0.1) is 0 Å². The number of hydrogen-bond acceptors (Lipinski definition) is 6. The summed E-state index contributed by atoms with van der Waals surface area (Å²) in [5.74, 6) is -0.720. The van der Waals surface area contributed by atoms with Crippen molar-refractivity contribution in [2.24, 2.45) is 0 Å². The lowest BCUT2D eigenvalue weighted by atomic mass is 10.3. The van der Waals surface area contributed by atoms with Gasteiger partial charge in [-0.15, -0.1) is 0 Å². The molecule has 1 saturated heterocycles. The van der Waals surface area contributed by atoms with E-state index in [1.165, 1.54) is 6.92 Å². The summed E-state index contributed by atoms with van der Waals surface area (Å²) in [6, 6.07) is 0. The Balaban J connectivity index is 2.16. The van der Waals surface area contributed by atoms with Gasteiger partial charge in [0, 0.05) is 13.3 Å². The van der Waals surface area contributed by atoms with Crippen LogP contribution in [-0.4, -0.2) is 37.7 Å². The Morgan fingerprint density at radius 1 is 1.44 bits per heavy atom. The van der Waals surface area contributed by atoms with Crippen molar-refractivity contribution >= 4 is 11.9 Å². The molecular formula is C10H16O6. The molecule has 1 unspecified atom stereocenters. The van der Waals surface area contributed by atoms with Gasteiger partial charge in [0.25, 0.3) is 0 Å². The van der Waals surface area contributed by atoms with Crippen molar-refractivity contribution in [3.63, 3.8) is 0 Å². The second-order valence-electron chi connectivity index (χ2n) is 3.37. The Kier molecular flexibility index (Phi) is 5.21. The van der Waals surface area contributed by atoms with Gasteiger partial charge in [-0.25, -0.2) is 0 Å². The molecule has 0 aromatic carbocycles. The van der Waals surface area contributed by atoms with Gasteiger partial charge in [-0.3, -0.25) is 9.59 Å². The molecule has 0 bridgehead atoms. The van der Waals surface area contributed by atoms with Gasteiger partial charge in [-0.1, -0.05) is 6.92 Å². The average Bonchev–Trinajstić information content (AvgIpc) is 2.62. The molecule has 16 heavy (non-hydrogen) atoms. The molecule has 6 nitrogen and oxygen atoms in total. The topological polar surface area (TPSA) is 71.1 Å². The van der Waals surface area contributed by atoms with Gasteiger partial charge in [0.05, 0.1) is 0 Å². The predicted molar refractivity (Wildman–Crippen MR) is 52.2 cm³/mol. The van der Waals surface area contributed by atoms with E-state index in [1.807, 2.05) is 6.92 Å². The zero-order chi connectivity index (χ0) is 12.0. The van der Waals surface area contributed by atoms with Crippen molar-refractivity contribution in [3.8, 4) is 0 Å². The summed E-state index contributed by atoms with van der Waals surface area (Å²) >= 11 is 0. The molecule has 0 aromatic rings. The summed E-state index contributed by atoms with van der Waals surface area (Å²) in [5, 5.41) is 0. The van der Waals surface area contributed by atoms with Crippen molar-refractivity contribution < 1.29 is 28.5 Å². The lowest BCUT2D eigenvalue weighted by Crippen LogP contribution is -2.22. The van der Waals surface area contributed by atoms with Crippen molar-refractivity contribution in [1.82, 2.24) is 0 Å². The largest absolute Gasteiger partial charge is 0.460 e. The van der Waals surface area contributed by atoms with Crippen LogP contribution in [0.5, 0.6) is 0 Å². The quantitative estimate of drug-likeness (QED) is 0.646. The third-order valence-electron chi connectivity index (χ3n) is 1.85. The first kappa shape index (κ1) is 12.9. The predicted octanol–water partition coefficient (Wildman–Crippen LogP) is 0.592. The van der Waals surface area contributed by atoms with Crippen LogP contribution in [0.2, 0.25) is 0 Å². The minimum atomic E-state index is -0.702. The maximum Gasteiger partial charge on any atom is 0.305 e. The molecule has 0 spiro atoms. The minimum absolute atomic E-state index is 0.0244. The van der Waals surface area contributed by atoms with E-state index in [-0.39, 0.29) is 19.2 Å². The van der Waals surface area contributed by atoms with E-state index < -0.39 is 18.5 Å². The molecule has 0 radical (unpaired) electrons. The lowest BCUT2D eigenvalue weighted by molar-refractivity contribution is -0.183. The molecule has 2 atom stereocenters. The molecule has 0 saturated carbocycles. The second-order valence-corrected chi connectivity index (χ2v) is 3.37. The zero-order valence-corrected chi connectivity index (χ0v) is 9.43. The summed E-state index contributed by atoms with van der Waals surface area (Å²) in [5.41, 5.74) is 0. The number of ether oxygens (including phenoxy) is 4. The summed E-state index contributed by atoms with van der Waals surface area (Å²) < 4.78 is 19.9. The number of carbonyl (C=O) groups is 2. The highest BCUT2D eigenvalue weighted by Gasteiger charge is 2.29. The summed E-state index contributed by atoms with van der Waals surface area (Å²) in [4.78, 5) is 21.7. The van der Waals surface area contributed by atoms with Crippen LogP contribution in [0.4, 0.5) is 0 Å². The first-order chi connectivity index (χ1) is 7.61. The Morgan fingerprint density at radius 3 is 2.81 bits per heavy atom. The van der Waals surface area contributed by atoms with Gasteiger partial charge in [0.15, 0.2) is 6.29 Å². The molecule has 0 aliphatic carbocycles. The Labute approximate surface area is 93.8 Å². The minimum Gasteiger partial charge on any atom is -0.460 e. The molecule has 0 amide bonds. The molecule has 0 N–H and O–H groups in total. The molecule has 0 aromatic heterocycles. The van der Waals surface area contributed by atoms with E-state index in [0.29, 0.717) is 6.42 Å². The average molecular weight is 232 g/mol. The van der Waals surface area contributed by atoms with Crippen molar-refractivity contribution in [3.05, 3.63) is 0 Å². The molecule has 6 heteroatoms. The maximum atomic E-state index is 11.0. The van der Waals surface area contributed by atoms with Crippen molar-refractivity contribution in [2.75, 3.05) is 13.2 Å². The lowest BCUT2D eigenvalue weighted by Gasteiger charge is -2.11. The van der Waals surface area contributed by atoms with E-state index in [9.17, 15) is 9.59 Å². The highest BCUT2D eigenvalue weighted by atomic mass is 16.8. The first-order valence-corrected chi connectivity index (χ1v) is 5.21. The number of rotatable bonds is 5. The SMILES string of the molecule is CCCC(=O)OC[C@H]1OCC(OC(C)=O)O1. The maximum absolute atomic E-state index is 11.0. The van der Waals surface area contributed by atoms with Crippen LogP contribution in [0.25, 0.3) is 0 Å². The third kappa shape index (κ3) is 4.59. The van der Waals surface area contributed by atoms with E-state index in [2.05, 4.69) is 0 Å². The molecule has 1 heterocycles. The van der Waals surface area contributed by atoms with Gasteiger partial charge in [0.1, 0.15) is 13.2 Å². The number of carbonyl (C=O) groups excluding carboxylic acids is 2. The fraction of sp³-hybridized carbons (Fsp3) is 0.800. The Bertz CT molecular complexity index is 252. The number of esters is 2. The van der Waals surface area contributed by atoms with E-state index in [1.54, 1.807) is 0 Å². The zero-order valence-electron chi connectivity index (χ0n) is 9.43. The third-order valence-corrected chi connectivity index (χ3v) is 1.85. The molecular weight excluding hydrogens is 216 g/mol. The van der Waals surface area contributed by atoms with Crippen LogP contribution in [0.3, 0.4) is 0 Å². The van der Waals surface area contributed by atoms with Gasteiger partial charge in [-0.2, -0.15) is 0 Å². The fourth-order valence-corrected chi connectivity index (χ4v) is 1.21. The van der Waals surface area contributed by atoms with Crippen LogP contribution >= 0.6 is 0 Å². The van der Waals surface area contributed by atoms with Crippen molar-refractivity contribution in [2.45, 2.75) is 39.3 Å². The van der Waals surface area contributed by atoms with Gasteiger partial charge in [-0.05, 0) is 6.42 Å². The van der Waals surface area contributed by atoms with Gasteiger partial charge >= 0.3 is 11.9 Å². The van der Waals surface area contributed by atoms with Crippen LogP contribution in [-0.2, 0) is 28.5 Å². The Morgan fingerprint density at radius 2 is 2.19 bits per heavy atom. The summed E-state index contributed by atoms with van der Waals surface area (Å²) in [6.07, 6.45) is -0.237. The van der Waals surface area contributed by atoms with E-state index >= 15 is 0 Å². The van der Waals surface area contributed by atoms with Crippen LogP contribution in [0.1, 0.15) is 26.7 Å². The molecule has 1 aliphatic rings. The standard InChI is InChI=1S/C10H16O6/c1-3-4-8(12)13-5-9-14-6-10(16-9)15-7(2)11/h9-10H,3-6H2,1-2H3/t9-,10?/m0/s1. The van der Waals surface area contributed by atoms with E-state index in [4.69, 9.17) is 18.9 Å². The smallest absolute Gasteiger partial charge is 0.305 e. The van der Waals surface area contributed by atoms with Crippen molar-refractivity contribution in [1.29, 1.82) is 0 Å². The molecule has 92 valence electrons. The summed E-state index contributed by atoms with van der Waals surface area (Å²) in [6.45, 7) is 3.37. The molecule has 1 fully saturated rings. The van der Waals surface area contributed by atoms with Crippen LogP contribution in [0.15, 0.2) is 0 Å². The first-order valence-electron chi connectivity index (χ1n) is 5.21. The second kappa shape index (κ2) is 6.44. The fourth-order valence-electron chi connectivity index (χ4n) is 1.21. The highest BCUT2D eigenvalue weighted by Crippen LogP contribution is 2.13. The highest BCUT2D eigenvalue weighted by molar-refractivity contribution is 5.69. The Hall–Kier alpha value is -1.14. The summed E-state index contributed by atoms with van der Waals surface area (Å²) in [7, 11) is 0. The van der Waals surface area contributed by atoms with Crippen LogP contribution < -0.4 is 0 Å². The molecule has 1 rings (SSSR count). The normalized spacial score (nSPS) is 24.1.